The van der Waals surface area contributed by atoms with Crippen molar-refractivity contribution in [1.29, 1.82) is 0 Å². The number of benzene rings is 12. The summed E-state index contributed by atoms with van der Waals surface area (Å²) in [4.78, 5) is 5.71. The smallest absolute Gasteiger partial charge is 0.0519 e. The van der Waals surface area contributed by atoms with E-state index in [1.807, 2.05) is 47.0 Å². The van der Waals surface area contributed by atoms with Gasteiger partial charge in [0.2, 0.25) is 0 Å². The molecule has 4 heterocycles. The standard InChI is InChI=1S/C42H34S2.C38H26S2/c1-3-27-9-15-35-23-29(11-17-33(35)21-27)5-7-31-13-19-37-39(25-31)43-42-38-20-14-32(26-40(38)44-41(37)42)8-6-30-12-18-34-22-28(4-2)10-16-36(34)24-30;1-3-7-31-21-25(13-17-29(31)5-1)9-11-27-15-19-33-35(23-27)39-38-34-20-16-28(24-36(34)40-37(33)38)12-10-26-14-18-30-6-2-4-8-32(30)22-26/h5-26,41-42H,3-4H2,1-2H3;1-24,37-38H/b7-5+,8-6+;11-9+,12-10+. The van der Waals surface area contributed by atoms with Gasteiger partial charge in [-0.3, -0.25) is 0 Å². The highest BCUT2D eigenvalue weighted by Crippen LogP contribution is 2.67. The lowest BCUT2D eigenvalue weighted by molar-refractivity contribution is 0.938. The maximum atomic E-state index is 2.38. The largest absolute Gasteiger partial charge is 0.116 e. The van der Waals surface area contributed by atoms with E-state index in [9.17, 15) is 0 Å². The van der Waals surface area contributed by atoms with Crippen molar-refractivity contribution in [3.05, 3.63) is 308 Å². The lowest BCUT2D eigenvalue weighted by Crippen LogP contribution is -1.91. The van der Waals surface area contributed by atoms with Crippen molar-refractivity contribution in [3.63, 3.8) is 0 Å². The van der Waals surface area contributed by atoms with Crippen LogP contribution in [0.4, 0.5) is 0 Å². The summed E-state index contributed by atoms with van der Waals surface area (Å²) >= 11 is 8.14. The Balaban J connectivity index is 0.000000144. The Morgan fingerprint density at radius 3 is 0.762 bits per heavy atom. The van der Waals surface area contributed by atoms with Crippen molar-refractivity contribution in [2.45, 2.75) is 67.3 Å². The molecule has 0 aliphatic carbocycles. The van der Waals surface area contributed by atoms with Crippen molar-refractivity contribution < 1.29 is 0 Å². The minimum atomic E-state index is 0.490. The summed E-state index contributed by atoms with van der Waals surface area (Å²) in [5.74, 6) is 0. The maximum Gasteiger partial charge on any atom is 0.0519 e. The second kappa shape index (κ2) is 22.9. The van der Waals surface area contributed by atoms with Gasteiger partial charge in [-0.05, 0) is 182 Å². The molecule has 0 nitrogen and oxygen atoms in total. The number of thioether (sulfide) groups is 4. The van der Waals surface area contributed by atoms with E-state index in [2.05, 4.69) is 293 Å². The fraction of sp³-hybridized carbons (Fsp3) is 0.100. The van der Waals surface area contributed by atoms with Gasteiger partial charge in [-0.1, -0.05) is 244 Å². The summed E-state index contributed by atoms with van der Waals surface area (Å²) in [5, 5.41) is 12.3. The normalized spacial score (nSPS) is 17.4. The molecule has 0 radical (unpaired) electrons. The molecule has 0 bridgehead atoms. The van der Waals surface area contributed by atoms with E-state index in [1.165, 1.54) is 141 Å². The fourth-order valence-corrected chi connectivity index (χ4v) is 18.9. The van der Waals surface area contributed by atoms with Crippen molar-refractivity contribution in [3.8, 4) is 0 Å². The molecule has 0 saturated carbocycles. The Labute approximate surface area is 510 Å². The SMILES string of the molecule is C(=C\c1ccc2ccccc2c1)/c1ccc2c(c1)SC1c3ccc(/C=C/c4ccc5ccccc5c4)cc3SC21.CCc1ccc2cc(/C=C/c3ccc4c(c3)SC3c5ccc(/C=C/c6ccc7cc(CC)ccc7c6)cc5SC43)ccc2c1. The third-order valence-corrected chi connectivity index (χ3v) is 22.9. The van der Waals surface area contributed by atoms with E-state index < -0.39 is 0 Å². The highest BCUT2D eigenvalue weighted by Gasteiger charge is 2.42. The van der Waals surface area contributed by atoms with Gasteiger partial charge in [0, 0.05) is 19.6 Å². The van der Waals surface area contributed by atoms with Crippen LogP contribution in [0, 0.1) is 0 Å². The van der Waals surface area contributed by atoms with Crippen LogP contribution in [0.1, 0.15) is 113 Å². The zero-order valence-electron chi connectivity index (χ0n) is 46.9. The molecule has 4 aliphatic heterocycles. The highest BCUT2D eigenvalue weighted by molar-refractivity contribution is 8.05. The second-order valence-corrected chi connectivity index (χ2v) is 27.2. The maximum absolute atomic E-state index is 2.38. The number of hydrogen-bond donors (Lipinski definition) is 0. The first-order valence-corrected chi connectivity index (χ1v) is 32.9. The van der Waals surface area contributed by atoms with Crippen LogP contribution in [0.5, 0.6) is 0 Å². The third-order valence-electron chi connectivity index (χ3n) is 17.0. The van der Waals surface area contributed by atoms with Gasteiger partial charge in [-0.25, -0.2) is 0 Å². The van der Waals surface area contributed by atoms with E-state index in [0.29, 0.717) is 21.0 Å². The summed E-state index contributed by atoms with van der Waals surface area (Å²) in [6.45, 7) is 4.42. The number of aryl methyl sites for hydroxylation is 2. The first kappa shape index (κ1) is 52.8. The van der Waals surface area contributed by atoms with E-state index in [1.54, 1.807) is 0 Å². The molecule has 0 N–H and O–H groups in total. The molecule has 0 amide bonds. The Morgan fingerprint density at radius 2 is 0.464 bits per heavy atom. The summed E-state index contributed by atoms with van der Waals surface area (Å²) in [7, 11) is 0. The Hall–Kier alpha value is -7.96. The van der Waals surface area contributed by atoms with Crippen molar-refractivity contribution >= 4 is 139 Å². The predicted octanol–water partition coefficient (Wildman–Crippen LogP) is 23.8. The quantitative estimate of drug-likeness (QED) is 0.125. The molecule has 16 rings (SSSR count). The van der Waals surface area contributed by atoms with Crippen LogP contribution in [0.15, 0.2) is 250 Å². The molecule has 4 unspecified atom stereocenters. The van der Waals surface area contributed by atoms with E-state index in [4.69, 9.17) is 0 Å². The number of fused-ring (bicyclic) bond motifs is 14. The van der Waals surface area contributed by atoms with Crippen molar-refractivity contribution in [2.24, 2.45) is 0 Å². The number of hydrogen-bond acceptors (Lipinski definition) is 4. The van der Waals surface area contributed by atoms with E-state index in [-0.39, 0.29) is 0 Å². The Bertz CT molecular complexity index is 4390. The molecule has 0 spiro atoms. The predicted molar refractivity (Wildman–Crippen MR) is 370 cm³/mol. The zero-order valence-corrected chi connectivity index (χ0v) is 50.2. The van der Waals surface area contributed by atoms with Gasteiger partial charge in [-0.15, -0.1) is 47.0 Å². The van der Waals surface area contributed by atoms with Gasteiger partial charge < -0.3 is 0 Å². The van der Waals surface area contributed by atoms with Crippen LogP contribution in [-0.4, -0.2) is 0 Å². The molecular weight excluding hydrogens is 1090 g/mol. The Morgan fingerprint density at radius 1 is 0.238 bits per heavy atom. The van der Waals surface area contributed by atoms with Crippen LogP contribution in [0.25, 0.3) is 91.7 Å². The van der Waals surface area contributed by atoms with Crippen LogP contribution in [-0.2, 0) is 12.8 Å². The Kier molecular flexibility index (Phi) is 14.4. The van der Waals surface area contributed by atoms with Crippen LogP contribution < -0.4 is 0 Å². The molecule has 0 saturated heterocycles. The molecule has 0 aromatic heterocycles. The van der Waals surface area contributed by atoms with Crippen LogP contribution >= 0.6 is 47.0 Å². The molecule has 404 valence electrons. The first-order chi connectivity index (χ1) is 41.4. The highest BCUT2D eigenvalue weighted by atomic mass is 32.2. The molecule has 84 heavy (non-hydrogen) atoms. The molecule has 12 aromatic rings. The van der Waals surface area contributed by atoms with Crippen molar-refractivity contribution in [2.75, 3.05) is 0 Å². The minimum Gasteiger partial charge on any atom is -0.116 e. The average Bonchev–Trinajstić information content (AvgIpc) is 3.70. The van der Waals surface area contributed by atoms with Crippen LogP contribution in [0.2, 0.25) is 0 Å². The summed E-state index contributed by atoms with van der Waals surface area (Å²) in [5.41, 5.74) is 18.7. The van der Waals surface area contributed by atoms with Gasteiger partial charge in [0.15, 0.2) is 0 Å². The number of rotatable bonds is 10. The molecule has 0 fully saturated rings. The van der Waals surface area contributed by atoms with E-state index in [0.717, 1.165) is 12.8 Å². The molecule has 4 heteroatoms. The summed E-state index contributed by atoms with van der Waals surface area (Å²) in [6.07, 6.45) is 20.1. The second-order valence-electron chi connectivity index (χ2n) is 22.5. The van der Waals surface area contributed by atoms with E-state index >= 15 is 0 Å². The summed E-state index contributed by atoms with van der Waals surface area (Å²) < 4.78 is 0. The molecule has 4 aliphatic rings. The molecular formula is C80H60S4. The average molecular weight is 1150 g/mol. The topological polar surface area (TPSA) is 0 Å². The summed E-state index contributed by atoms with van der Waals surface area (Å²) in [6, 6.07) is 85.6. The van der Waals surface area contributed by atoms with Gasteiger partial charge in [0.1, 0.15) is 0 Å². The lowest BCUT2D eigenvalue weighted by atomic mass is 10.0. The lowest BCUT2D eigenvalue weighted by Gasteiger charge is -2.08. The zero-order chi connectivity index (χ0) is 56.1. The molecule has 4 atom stereocenters. The van der Waals surface area contributed by atoms with Gasteiger partial charge in [-0.2, -0.15) is 0 Å². The molecule has 12 aromatic carbocycles. The van der Waals surface area contributed by atoms with Gasteiger partial charge >= 0.3 is 0 Å². The fourth-order valence-electron chi connectivity index (χ4n) is 12.3. The van der Waals surface area contributed by atoms with Crippen LogP contribution in [0.3, 0.4) is 0 Å². The third kappa shape index (κ3) is 10.7. The van der Waals surface area contributed by atoms with Gasteiger partial charge in [0.05, 0.1) is 21.0 Å². The monoisotopic (exact) mass is 1150 g/mol. The van der Waals surface area contributed by atoms with Gasteiger partial charge in [0.25, 0.3) is 0 Å². The van der Waals surface area contributed by atoms with Crippen molar-refractivity contribution in [1.82, 2.24) is 0 Å². The minimum absolute atomic E-state index is 0.490. The first-order valence-electron chi connectivity index (χ1n) is 29.4.